The maximum atomic E-state index is 7.17. The van der Waals surface area contributed by atoms with Crippen molar-refractivity contribution in [1.29, 1.82) is 5.41 Å². The van der Waals surface area contributed by atoms with Gasteiger partial charge in [0.15, 0.2) is 0 Å². The van der Waals surface area contributed by atoms with Gasteiger partial charge in [0, 0.05) is 16.2 Å². The van der Waals surface area contributed by atoms with Crippen molar-refractivity contribution in [2.75, 3.05) is 0 Å². The first-order valence-corrected chi connectivity index (χ1v) is 5.00. The fraction of sp³-hybridized carbons (Fsp3) is 0.444. The van der Waals surface area contributed by atoms with E-state index < -0.39 is 0 Å². The lowest BCUT2D eigenvalue weighted by Gasteiger charge is -1.92. The number of amidine groups is 1. The van der Waals surface area contributed by atoms with Gasteiger partial charge in [0.25, 0.3) is 0 Å². The number of nitrogens with two attached hydrogens (primary N) is 1. The van der Waals surface area contributed by atoms with E-state index in [1.807, 2.05) is 11.3 Å². The monoisotopic (exact) mass is 180 g/mol. The molecule has 3 heteroatoms. The molecule has 1 heterocycles. The third kappa shape index (κ3) is 1.37. The van der Waals surface area contributed by atoms with E-state index in [0.29, 0.717) is 6.42 Å². The minimum atomic E-state index is 0.273. The molecule has 3 N–H and O–H groups in total. The minimum absolute atomic E-state index is 0.273. The highest BCUT2D eigenvalue weighted by atomic mass is 32.1. The van der Waals surface area contributed by atoms with Gasteiger partial charge in [0.1, 0.15) is 0 Å². The molecule has 0 bridgehead atoms. The molecule has 1 aromatic heterocycles. The maximum absolute atomic E-state index is 7.17. The molecule has 1 aromatic rings. The minimum Gasteiger partial charge on any atom is -0.387 e. The second-order valence-corrected chi connectivity index (χ2v) is 4.44. The van der Waals surface area contributed by atoms with Crippen LogP contribution in [0.2, 0.25) is 0 Å². The summed E-state index contributed by atoms with van der Waals surface area (Å²) in [6.45, 7) is 0. The van der Waals surface area contributed by atoms with Crippen LogP contribution in [-0.2, 0) is 19.3 Å². The van der Waals surface area contributed by atoms with Gasteiger partial charge in [0.2, 0.25) is 0 Å². The molecule has 0 radical (unpaired) electrons. The zero-order valence-corrected chi connectivity index (χ0v) is 7.71. The maximum Gasteiger partial charge on any atom is 0.0958 e. The average molecular weight is 180 g/mol. The van der Waals surface area contributed by atoms with Crippen LogP contribution in [0.1, 0.15) is 21.7 Å². The summed E-state index contributed by atoms with van der Waals surface area (Å²) < 4.78 is 0. The highest BCUT2D eigenvalue weighted by Gasteiger charge is 2.14. The van der Waals surface area contributed by atoms with E-state index in [9.17, 15) is 0 Å². The van der Waals surface area contributed by atoms with E-state index in [4.69, 9.17) is 11.1 Å². The Bertz CT molecular complexity index is 293. The van der Waals surface area contributed by atoms with Crippen LogP contribution in [0.4, 0.5) is 0 Å². The molecule has 0 unspecified atom stereocenters. The molecule has 2 rings (SSSR count). The van der Waals surface area contributed by atoms with Gasteiger partial charge in [-0.05, 0) is 30.9 Å². The molecule has 64 valence electrons. The molecule has 1 aliphatic rings. The molecule has 0 fully saturated rings. The SMILES string of the molecule is N=C(N)Cc1cc2c(s1)CCC2. The Kier molecular flexibility index (Phi) is 1.89. The summed E-state index contributed by atoms with van der Waals surface area (Å²) in [5.41, 5.74) is 6.83. The molecule has 12 heavy (non-hydrogen) atoms. The quantitative estimate of drug-likeness (QED) is 0.528. The van der Waals surface area contributed by atoms with Crippen LogP contribution in [-0.4, -0.2) is 5.84 Å². The lowest BCUT2D eigenvalue weighted by molar-refractivity contribution is 0.914. The van der Waals surface area contributed by atoms with Gasteiger partial charge < -0.3 is 5.73 Å². The van der Waals surface area contributed by atoms with Crippen molar-refractivity contribution >= 4 is 17.2 Å². The first kappa shape index (κ1) is 7.80. The van der Waals surface area contributed by atoms with Gasteiger partial charge in [-0.25, -0.2) is 0 Å². The van der Waals surface area contributed by atoms with Crippen molar-refractivity contribution in [2.24, 2.45) is 5.73 Å². The van der Waals surface area contributed by atoms with Crippen molar-refractivity contribution < 1.29 is 0 Å². The number of hydrogen-bond donors (Lipinski definition) is 2. The zero-order valence-electron chi connectivity index (χ0n) is 6.89. The van der Waals surface area contributed by atoms with Crippen LogP contribution in [0.25, 0.3) is 0 Å². The van der Waals surface area contributed by atoms with E-state index in [2.05, 4.69) is 6.07 Å². The molecule has 0 atom stereocenters. The van der Waals surface area contributed by atoms with Crippen LogP contribution < -0.4 is 5.73 Å². The summed E-state index contributed by atoms with van der Waals surface area (Å²) >= 11 is 1.83. The van der Waals surface area contributed by atoms with Crippen molar-refractivity contribution in [1.82, 2.24) is 0 Å². The number of hydrogen-bond acceptors (Lipinski definition) is 2. The molecule has 0 spiro atoms. The van der Waals surface area contributed by atoms with Crippen molar-refractivity contribution in [2.45, 2.75) is 25.7 Å². The largest absolute Gasteiger partial charge is 0.387 e. The van der Waals surface area contributed by atoms with Crippen LogP contribution >= 0.6 is 11.3 Å². The van der Waals surface area contributed by atoms with Gasteiger partial charge >= 0.3 is 0 Å². The van der Waals surface area contributed by atoms with Crippen molar-refractivity contribution in [3.8, 4) is 0 Å². The lowest BCUT2D eigenvalue weighted by Crippen LogP contribution is -2.11. The number of fused-ring (bicyclic) bond motifs is 1. The number of thiophene rings is 1. The molecule has 0 aromatic carbocycles. The summed E-state index contributed by atoms with van der Waals surface area (Å²) in [6, 6.07) is 2.22. The van der Waals surface area contributed by atoms with E-state index in [0.717, 1.165) is 0 Å². The Hall–Kier alpha value is -0.830. The number of aryl methyl sites for hydroxylation is 2. The molecule has 0 saturated carbocycles. The van der Waals surface area contributed by atoms with Crippen molar-refractivity contribution in [3.63, 3.8) is 0 Å². The van der Waals surface area contributed by atoms with Crippen LogP contribution in [0, 0.1) is 5.41 Å². The zero-order chi connectivity index (χ0) is 8.55. The van der Waals surface area contributed by atoms with Crippen molar-refractivity contribution in [3.05, 3.63) is 21.4 Å². The smallest absolute Gasteiger partial charge is 0.0958 e. The predicted octanol–water partition coefficient (Wildman–Crippen LogP) is 1.72. The van der Waals surface area contributed by atoms with Crippen LogP contribution in [0.15, 0.2) is 6.07 Å². The second-order valence-electron chi connectivity index (χ2n) is 3.22. The van der Waals surface area contributed by atoms with Crippen LogP contribution in [0.3, 0.4) is 0 Å². The van der Waals surface area contributed by atoms with Gasteiger partial charge in [0.05, 0.1) is 5.84 Å². The fourth-order valence-corrected chi connectivity index (χ4v) is 2.95. The van der Waals surface area contributed by atoms with Gasteiger partial charge in [-0.2, -0.15) is 0 Å². The first-order valence-electron chi connectivity index (χ1n) is 4.19. The molecule has 1 aliphatic carbocycles. The first-order chi connectivity index (χ1) is 5.75. The van der Waals surface area contributed by atoms with Gasteiger partial charge in [-0.3, -0.25) is 5.41 Å². The van der Waals surface area contributed by atoms with E-state index in [-0.39, 0.29) is 5.84 Å². The Morgan fingerprint density at radius 1 is 1.58 bits per heavy atom. The predicted molar refractivity (Wildman–Crippen MR) is 52.0 cm³/mol. The average Bonchev–Trinajstić information content (AvgIpc) is 2.43. The Labute approximate surface area is 75.9 Å². The Morgan fingerprint density at radius 2 is 2.42 bits per heavy atom. The highest BCUT2D eigenvalue weighted by Crippen LogP contribution is 2.30. The van der Waals surface area contributed by atoms with Gasteiger partial charge in [-0.1, -0.05) is 0 Å². The topological polar surface area (TPSA) is 49.9 Å². The lowest BCUT2D eigenvalue weighted by atomic mass is 10.2. The normalized spacial score (nSPS) is 14.7. The summed E-state index contributed by atoms with van der Waals surface area (Å²) in [7, 11) is 0. The Balaban J connectivity index is 2.20. The third-order valence-electron chi connectivity index (χ3n) is 2.16. The Morgan fingerprint density at radius 3 is 3.08 bits per heavy atom. The molecule has 2 nitrogen and oxygen atoms in total. The molecule has 0 aliphatic heterocycles. The standard InChI is InChI=1S/C9H12N2S/c10-9(11)5-7-4-6-2-1-3-8(6)12-7/h4H,1-3,5H2,(H3,10,11). The highest BCUT2D eigenvalue weighted by molar-refractivity contribution is 7.12. The van der Waals surface area contributed by atoms with Crippen LogP contribution in [0.5, 0.6) is 0 Å². The molecule has 0 amide bonds. The van der Waals surface area contributed by atoms with Gasteiger partial charge in [-0.15, -0.1) is 11.3 Å². The molecular formula is C9H12N2S. The molecular weight excluding hydrogens is 168 g/mol. The summed E-state index contributed by atoms with van der Waals surface area (Å²) in [5, 5.41) is 7.17. The summed E-state index contributed by atoms with van der Waals surface area (Å²) in [6.07, 6.45) is 4.40. The third-order valence-corrected chi connectivity index (χ3v) is 3.40. The second kappa shape index (κ2) is 2.90. The van der Waals surface area contributed by atoms with E-state index in [1.165, 1.54) is 34.6 Å². The number of rotatable bonds is 2. The summed E-state index contributed by atoms with van der Waals surface area (Å²) in [5.74, 6) is 0.273. The van der Waals surface area contributed by atoms with E-state index >= 15 is 0 Å². The summed E-state index contributed by atoms with van der Waals surface area (Å²) in [4.78, 5) is 2.78. The number of nitrogens with one attached hydrogen (secondary N) is 1. The fourth-order valence-electron chi connectivity index (χ4n) is 1.67. The van der Waals surface area contributed by atoms with E-state index in [1.54, 1.807) is 0 Å². The molecule has 0 saturated heterocycles.